The van der Waals surface area contributed by atoms with Crippen molar-refractivity contribution in [3.63, 3.8) is 0 Å². The van der Waals surface area contributed by atoms with Gasteiger partial charge < -0.3 is 0 Å². The first-order valence-electron chi connectivity index (χ1n) is 5.00. The predicted molar refractivity (Wildman–Crippen MR) is 66.6 cm³/mol. The fraction of sp³-hybridized carbons (Fsp3) is 0.0833. The molecule has 90 valence electrons. The summed E-state index contributed by atoms with van der Waals surface area (Å²) in [4.78, 5) is 11.2. The van der Waals surface area contributed by atoms with Crippen LogP contribution in [0.1, 0.15) is 6.42 Å². The van der Waals surface area contributed by atoms with Crippen LogP contribution in [0.5, 0.6) is 0 Å². The molecule has 0 amide bonds. The van der Waals surface area contributed by atoms with Gasteiger partial charge in [0.15, 0.2) is 0 Å². The molecule has 0 saturated carbocycles. The second-order valence-electron chi connectivity index (χ2n) is 3.47. The van der Waals surface area contributed by atoms with E-state index in [9.17, 15) is 4.79 Å². The molecule has 1 unspecified atom stereocenters. The third kappa shape index (κ3) is 3.82. The van der Waals surface area contributed by atoms with Crippen LogP contribution in [0.2, 0.25) is 0 Å². The normalized spacial score (nSPS) is 13.5. The summed E-state index contributed by atoms with van der Waals surface area (Å²) < 4.78 is 9.75. The Morgan fingerprint density at radius 3 is 2.76 bits per heavy atom. The number of benzene rings is 1. The van der Waals surface area contributed by atoms with E-state index in [1.54, 1.807) is 0 Å². The summed E-state index contributed by atoms with van der Waals surface area (Å²) in [6.45, 7) is 3.51. The zero-order valence-electron chi connectivity index (χ0n) is 9.07. The topological polar surface area (TPSA) is 38.3 Å². The van der Waals surface area contributed by atoms with Gasteiger partial charge in [-0.25, -0.2) is 0 Å². The van der Waals surface area contributed by atoms with Crippen LogP contribution in [0.3, 0.4) is 0 Å². The number of para-hydroxylation sites is 1. The molecular weight excluding hydrogens is 348 g/mol. The van der Waals surface area contributed by atoms with Gasteiger partial charge in [0.2, 0.25) is 0 Å². The molecule has 0 spiro atoms. The molecule has 1 aromatic carbocycles. The maximum atomic E-state index is 11.2. The van der Waals surface area contributed by atoms with Gasteiger partial charge in [-0.3, -0.25) is 0 Å². The van der Waals surface area contributed by atoms with E-state index in [1.807, 2.05) is 30.3 Å². The van der Waals surface area contributed by atoms with Crippen LogP contribution in [0, 0.1) is 0 Å². The van der Waals surface area contributed by atoms with Gasteiger partial charge in [0, 0.05) is 0 Å². The van der Waals surface area contributed by atoms with E-state index in [0.717, 1.165) is 17.9 Å². The van der Waals surface area contributed by atoms with Crippen LogP contribution in [0.4, 0.5) is 5.69 Å². The number of carbonyl (C=O) groups is 1. The van der Waals surface area contributed by atoms with E-state index >= 15 is 0 Å². The number of hydrogen-bond donors (Lipinski definition) is 1. The van der Waals surface area contributed by atoms with Crippen molar-refractivity contribution in [2.24, 2.45) is 0 Å². The Labute approximate surface area is 113 Å². The third-order valence-electron chi connectivity index (χ3n) is 2.02. The van der Waals surface area contributed by atoms with Gasteiger partial charge in [-0.2, -0.15) is 0 Å². The minimum atomic E-state index is -0.358. The Morgan fingerprint density at radius 1 is 1.41 bits per heavy atom. The number of hydrogen-bond acceptors (Lipinski definition) is 3. The first-order chi connectivity index (χ1) is 8.16. The van der Waals surface area contributed by atoms with E-state index in [1.165, 1.54) is 3.58 Å². The monoisotopic (exact) mass is 360 g/mol. The molecule has 17 heavy (non-hydrogen) atoms. The molecular formula is C12H12INO2P-. The van der Waals surface area contributed by atoms with Crippen molar-refractivity contribution in [1.82, 2.24) is 0 Å². The molecule has 0 fully saturated rings. The van der Waals surface area contributed by atoms with E-state index in [4.69, 9.17) is 4.74 Å². The van der Waals surface area contributed by atoms with Crippen LogP contribution in [0.25, 0.3) is 0 Å². The molecule has 0 radical (unpaired) electrons. The molecule has 1 aliphatic carbocycles. The summed E-state index contributed by atoms with van der Waals surface area (Å²) in [5.41, 5.74) is 1.11. The Hall–Kier alpha value is -0.870. The maximum absolute atomic E-state index is 11.2. The Bertz CT molecular complexity index is 485. The fourth-order valence-electron chi connectivity index (χ4n) is 1.06. The molecule has 3 nitrogen and oxygen atoms in total. The van der Waals surface area contributed by atoms with Crippen molar-refractivity contribution in [2.75, 3.05) is 3.53 Å². The van der Waals surface area contributed by atoms with Gasteiger partial charge in [0.25, 0.3) is 0 Å². The molecule has 2 rings (SSSR count). The minimum absolute atomic E-state index is 0.278. The van der Waals surface area contributed by atoms with Crippen molar-refractivity contribution < 1.29 is 31.0 Å². The summed E-state index contributed by atoms with van der Waals surface area (Å²) >= 11 is -0.278. The van der Waals surface area contributed by atoms with Gasteiger partial charge in [-0.15, -0.1) is 0 Å². The Balaban J connectivity index is 1.81. The average Bonchev–Trinajstić information content (AvgIpc) is 3.06. The molecule has 0 saturated heterocycles. The molecule has 1 aliphatic rings. The zero-order valence-corrected chi connectivity index (χ0v) is 12.4. The van der Waals surface area contributed by atoms with E-state index < -0.39 is 0 Å². The standard InChI is InChI=1S/C12H12INO2P/c1-8(17)12(15)16-11-7-10(11)13-14-9-5-3-2-4-6-9/h2-6,14H,1,7,17H2/q-1. The van der Waals surface area contributed by atoms with E-state index in [2.05, 4.69) is 19.3 Å². The summed E-state index contributed by atoms with van der Waals surface area (Å²) in [7, 11) is 2.25. The van der Waals surface area contributed by atoms with E-state index in [-0.39, 0.29) is 27.4 Å². The zero-order chi connectivity index (χ0) is 12.3. The Kier molecular flexibility index (Phi) is 4.18. The summed E-state index contributed by atoms with van der Waals surface area (Å²) in [6.07, 6.45) is 0.816. The quantitative estimate of drug-likeness (QED) is 0.257. The Morgan fingerprint density at radius 2 is 2.12 bits per heavy atom. The van der Waals surface area contributed by atoms with E-state index in [0.29, 0.717) is 5.31 Å². The fourth-order valence-corrected chi connectivity index (χ4v) is 3.07. The second kappa shape index (κ2) is 5.65. The number of carbonyl (C=O) groups excluding carboxylic acids is 1. The molecule has 1 atom stereocenters. The molecule has 1 aromatic rings. The van der Waals surface area contributed by atoms with Crippen molar-refractivity contribution >= 4 is 20.9 Å². The van der Waals surface area contributed by atoms with Gasteiger partial charge in [-0.1, -0.05) is 0 Å². The first kappa shape index (κ1) is 12.6. The third-order valence-corrected chi connectivity index (χ3v) is 4.78. The van der Waals surface area contributed by atoms with Crippen molar-refractivity contribution in [1.29, 1.82) is 0 Å². The van der Waals surface area contributed by atoms with Crippen LogP contribution in [0.15, 0.2) is 51.6 Å². The summed E-state index contributed by atoms with van der Waals surface area (Å²) in [5, 5.41) is 0.359. The number of ether oxygens (including phenoxy) is 1. The summed E-state index contributed by atoms with van der Waals surface area (Å²) in [5.74, 6) is 0.457. The number of anilines is 1. The van der Waals surface area contributed by atoms with Gasteiger partial charge >= 0.3 is 113 Å². The molecule has 0 aromatic heterocycles. The van der Waals surface area contributed by atoms with Gasteiger partial charge in [0.1, 0.15) is 0 Å². The number of esters is 1. The van der Waals surface area contributed by atoms with Crippen LogP contribution >= 0.6 is 9.24 Å². The summed E-state index contributed by atoms with van der Waals surface area (Å²) in [6, 6.07) is 10.0. The molecule has 5 heteroatoms. The van der Waals surface area contributed by atoms with Crippen molar-refractivity contribution in [3.05, 3.63) is 51.6 Å². The second-order valence-corrected chi connectivity index (χ2v) is 6.55. The predicted octanol–water partition coefficient (Wildman–Crippen LogP) is -0.350. The number of nitrogens with one attached hydrogen (secondary N) is 1. The van der Waals surface area contributed by atoms with Crippen LogP contribution < -0.4 is 25.0 Å². The van der Waals surface area contributed by atoms with Crippen LogP contribution in [-0.4, -0.2) is 5.97 Å². The molecule has 0 heterocycles. The SMILES string of the molecule is C=C(P)C(=O)OC1=C([I-]Nc2ccccc2)C1. The average molecular weight is 360 g/mol. The van der Waals surface area contributed by atoms with Gasteiger partial charge in [0.05, 0.1) is 0 Å². The molecule has 0 bridgehead atoms. The number of rotatable bonds is 5. The first-order valence-corrected chi connectivity index (χ1v) is 7.74. The number of halogens is 1. The van der Waals surface area contributed by atoms with Crippen LogP contribution in [-0.2, 0) is 9.53 Å². The van der Waals surface area contributed by atoms with Gasteiger partial charge in [-0.05, 0) is 0 Å². The molecule has 0 aliphatic heterocycles. The number of allylic oxidation sites excluding steroid dienone is 2. The molecule has 1 N–H and O–H groups in total. The van der Waals surface area contributed by atoms with Crippen molar-refractivity contribution in [3.8, 4) is 0 Å². The van der Waals surface area contributed by atoms with Crippen molar-refractivity contribution in [2.45, 2.75) is 6.42 Å².